The fourth-order valence-electron chi connectivity index (χ4n) is 4.11. The summed E-state index contributed by atoms with van der Waals surface area (Å²) in [6.07, 6.45) is 0. The lowest BCUT2D eigenvalue weighted by atomic mass is 9.90. The fourth-order valence-corrected chi connectivity index (χ4v) is 4.11. The molecule has 1 aliphatic rings. The molecule has 4 aromatic carbocycles. The summed E-state index contributed by atoms with van der Waals surface area (Å²) in [6, 6.07) is 35.8. The number of nitrogens with zero attached hydrogens (tertiary/aromatic N) is 1. The Labute approximate surface area is 181 Å². The van der Waals surface area contributed by atoms with E-state index in [-0.39, 0.29) is 5.91 Å². The van der Waals surface area contributed by atoms with Crippen LogP contribution < -0.4 is 9.64 Å². The monoisotopic (exact) mass is 403 g/mol. The van der Waals surface area contributed by atoms with Crippen molar-refractivity contribution >= 4 is 28.4 Å². The van der Waals surface area contributed by atoms with Gasteiger partial charge in [-0.15, -0.1) is 0 Å². The topological polar surface area (TPSA) is 29.5 Å². The normalized spacial score (nSPS) is 12.6. The fraction of sp³-hybridized carbons (Fsp3) is 0.0357. The zero-order valence-corrected chi connectivity index (χ0v) is 17.2. The summed E-state index contributed by atoms with van der Waals surface area (Å²) >= 11 is 0. The molecule has 150 valence electrons. The minimum Gasteiger partial charge on any atom is -0.497 e. The molecule has 0 radical (unpaired) electrons. The second-order valence-corrected chi connectivity index (χ2v) is 7.34. The molecule has 4 aromatic rings. The van der Waals surface area contributed by atoms with E-state index in [0.717, 1.165) is 39.4 Å². The number of fused-ring (bicyclic) bond motifs is 1. The summed E-state index contributed by atoms with van der Waals surface area (Å²) in [4.78, 5) is 15.7. The highest BCUT2D eigenvalue weighted by molar-refractivity contribution is 6.40. The zero-order chi connectivity index (χ0) is 21.2. The quantitative estimate of drug-likeness (QED) is 0.373. The lowest BCUT2D eigenvalue weighted by Gasteiger charge is -2.18. The van der Waals surface area contributed by atoms with Gasteiger partial charge in [-0.1, -0.05) is 78.9 Å². The molecule has 0 aliphatic carbocycles. The molecule has 3 heteroatoms. The van der Waals surface area contributed by atoms with Crippen LogP contribution in [0.4, 0.5) is 11.4 Å². The van der Waals surface area contributed by atoms with Crippen molar-refractivity contribution in [3.05, 3.63) is 126 Å². The molecular formula is C28H21NO2. The molecule has 5 rings (SSSR count). The van der Waals surface area contributed by atoms with E-state index in [1.165, 1.54) is 0 Å². The number of hydrogen-bond donors (Lipinski definition) is 0. The molecule has 31 heavy (non-hydrogen) atoms. The Morgan fingerprint density at radius 3 is 1.81 bits per heavy atom. The first-order valence-corrected chi connectivity index (χ1v) is 10.2. The van der Waals surface area contributed by atoms with E-state index in [9.17, 15) is 4.79 Å². The van der Waals surface area contributed by atoms with Crippen LogP contribution in [0.1, 0.15) is 16.7 Å². The molecule has 0 aromatic heterocycles. The first-order valence-electron chi connectivity index (χ1n) is 10.2. The molecule has 1 heterocycles. The molecule has 0 saturated carbocycles. The Morgan fingerprint density at radius 2 is 1.23 bits per heavy atom. The predicted octanol–water partition coefficient (Wildman–Crippen LogP) is 6.33. The van der Waals surface area contributed by atoms with Gasteiger partial charge in [0.15, 0.2) is 0 Å². The van der Waals surface area contributed by atoms with Gasteiger partial charge in [-0.2, -0.15) is 0 Å². The van der Waals surface area contributed by atoms with Crippen molar-refractivity contribution < 1.29 is 9.53 Å². The highest BCUT2D eigenvalue weighted by Gasteiger charge is 2.36. The molecule has 1 amide bonds. The maximum atomic E-state index is 13.9. The summed E-state index contributed by atoms with van der Waals surface area (Å²) in [5.74, 6) is 0.725. The third kappa shape index (κ3) is 3.30. The first kappa shape index (κ1) is 18.9. The van der Waals surface area contributed by atoms with E-state index < -0.39 is 0 Å². The Bertz CT molecular complexity index is 1220. The van der Waals surface area contributed by atoms with E-state index in [1.807, 2.05) is 84.9 Å². The minimum atomic E-state index is -0.0333. The van der Waals surface area contributed by atoms with Crippen LogP contribution in [-0.4, -0.2) is 13.0 Å². The van der Waals surface area contributed by atoms with Gasteiger partial charge in [-0.25, -0.2) is 0 Å². The lowest BCUT2D eigenvalue weighted by molar-refractivity contribution is -0.112. The van der Waals surface area contributed by atoms with E-state index in [2.05, 4.69) is 24.3 Å². The van der Waals surface area contributed by atoms with Gasteiger partial charge < -0.3 is 4.74 Å². The van der Waals surface area contributed by atoms with Gasteiger partial charge in [0.05, 0.1) is 18.4 Å². The molecule has 0 spiro atoms. The number of hydrogen-bond acceptors (Lipinski definition) is 2. The van der Waals surface area contributed by atoms with Crippen molar-refractivity contribution in [1.82, 2.24) is 0 Å². The maximum Gasteiger partial charge on any atom is 0.264 e. The summed E-state index contributed by atoms with van der Waals surface area (Å²) in [5, 5.41) is 0. The second kappa shape index (κ2) is 7.96. The molecule has 1 aliphatic heterocycles. The Hall–Kier alpha value is -4.11. The number of methoxy groups -OCH3 is 1. The predicted molar refractivity (Wildman–Crippen MR) is 125 cm³/mol. The molecule has 0 atom stereocenters. The Balaban J connectivity index is 1.77. The van der Waals surface area contributed by atoms with Crippen molar-refractivity contribution in [1.29, 1.82) is 0 Å². The number of rotatable bonds is 4. The molecule has 0 bridgehead atoms. The van der Waals surface area contributed by atoms with Crippen molar-refractivity contribution in [3.63, 3.8) is 0 Å². The maximum absolute atomic E-state index is 13.9. The van der Waals surface area contributed by atoms with Crippen molar-refractivity contribution in [2.24, 2.45) is 0 Å². The van der Waals surface area contributed by atoms with Crippen LogP contribution in [0.25, 0.3) is 11.1 Å². The number of benzene rings is 4. The van der Waals surface area contributed by atoms with Gasteiger partial charge in [0, 0.05) is 16.8 Å². The highest BCUT2D eigenvalue weighted by Crippen LogP contribution is 2.46. The number of para-hydroxylation sites is 1. The average molecular weight is 403 g/mol. The van der Waals surface area contributed by atoms with Crippen molar-refractivity contribution in [2.75, 3.05) is 12.0 Å². The number of ether oxygens (including phenoxy) is 1. The molecule has 0 unspecified atom stereocenters. The van der Waals surface area contributed by atoms with Crippen LogP contribution in [0.15, 0.2) is 109 Å². The second-order valence-electron chi connectivity index (χ2n) is 7.34. The summed E-state index contributed by atoms with van der Waals surface area (Å²) in [7, 11) is 1.64. The first-order chi connectivity index (χ1) is 15.3. The third-order valence-corrected chi connectivity index (χ3v) is 5.54. The summed E-state index contributed by atoms with van der Waals surface area (Å²) in [6.45, 7) is 0. The average Bonchev–Trinajstić information content (AvgIpc) is 3.13. The van der Waals surface area contributed by atoms with Crippen molar-refractivity contribution in [2.45, 2.75) is 0 Å². The van der Waals surface area contributed by atoms with E-state index in [4.69, 9.17) is 4.74 Å². The zero-order valence-electron chi connectivity index (χ0n) is 17.2. The highest BCUT2D eigenvalue weighted by atomic mass is 16.5. The number of carbonyl (C=O) groups excluding carboxylic acids is 1. The number of carbonyl (C=O) groups is 1. The van der Waals surface area contributed by atoms with Gasteiger partial charge in [0.1, 0.15) is 5.75 Å². The summed E-state index contributed by atoms with van der Waals surface area (Å²) in [5.41, 5.74) is 6.32. The third-order valence-electron chi connectivity index (χ3n) is 5.54. The van der Waals surface area contributed by atoms with E-state index in [0.29, 0.717) is 5.57 Å². The largest absolute Gasteiger partial charge is 0.497 e. The van der Waals surface area contributed by atoms with Crippen molar-refractivity contribution in [3.8, 4) is 5.75 Å². The van der Waals surface area contributed by atoms with Crippen LogP contribution in [0.2, 0.25) is 0 Å². The van der Waals surface area contributed by atoms with Crippen LogP contribution in [0, 0.1) is 0 Å². The van der Waals surface area contributed by atoms with Gasteiger partial charge in [-0.3, -0.25) is 9.69 Å². The Morgan fingerprint density at radius 1 is 0.677 bits per heavy atom. The minimum absolute atomic E-state index is 0.0333. The summed E-state index contributed by atoms with van der Waals surface area (Å²) < 4.78 is 5.29. The van der Waals surface area contributed by atoms with Gasteiger partial charge in [-0.05, 0) is 41.5 Å². The van der Waals surface area contributed by atoms with Gasteiger partial charge in [0.2, 0.25) is 0 Å². The molecule has 0 saturated heterocycles. The van der Waals surface area contributed by atoms with Crippen LogP contribution in [0.3, 0.4) is 0 Å². The van der Waals surface area contributed by atoms with Crippen LogP contribution in [-0.2, 0) is 4.79 Å². The standard InChI is InChI=1S/C28H21NO2/c1-31-23-18-16-22(17-19-23)29-25-15-9-8-14-24(25)27(28(29)30)26(20-10-4-2-5-11-20)21-12-6-3-7-13-21/h2-19H,1H3. The molecule has 0 N–H and O–H groups in total. The van der Waals surface area contributed by atoms with Crippen LogP contribution in [0.5, 0.6) is 5.75 Å². The SMILES string of the molecule is COc1ccc(N2C(=O)C(=C(c3ccccc3)c3ccccc3)c3ccccc32)cc1. The van der Waals surface area contributed by atoms with Gasteiger partial charge >= 0.3 is 0 Å². The van der Waals surface area contributed by atoms with Gasteiger partial charge in [0.25, 0.3) is 5.91 Å². The van der Waals surface area contributed by atoms with E-state index in [1.54, 1.807) is 12.0 Å². The molecular weight excluding hydrogens is 382 g/mol. The van der Waals surface area contributed by atoms with E-state index >= 15 is 0 Å². The number of amides is 1. The lowest BCUT2D eigenvalue weighted by Crippen LogP contribution is -2.21. The number of anilines is 2. The smallest absolute Gasteiger partial charge is 0.264 e. The molecule has 0 fully saturated rings. The Kier molecular flexibility index (Phi) is 4.85. The van der Waals surface area contributed by atoms with Crippen LogP contribution >= 0.6 is 0 Å². The molecule has 3 nitrogen and oxygen atoms in total.